The van der Waals surface area contributed by atoms with Crippen LogP contribution in [0.2, 0.25) is 0 Å². The second-order valence-corrected chi connectivity index (χ2v) is 4.13. The van der Waals surface area contributed by atoms with Gasteiger partial charge in [-0.3, -0.25) is 0 Å². The lowest BCUT2D eigenvalue weighted by Gasteiger charge is -2.34. The molecular weight excluding hydrogens is 150 g/mol. The molecule has 1 saturated heterocycles. The van der Waals surface area contributed by atoms with Crippen LogP contribution < -0.4 is 0 Å². The van der Waals surface area contributed by atoms with Crippen LogP contribution in [0.3, 0.4) is 0 Å². The van der Waals surface area contributed by atoms with Crippen molar-refractivity contribution in [3.05, 3.63) is 0 Å². The first-order chi connectivity index (χ1) is 5.74. The molecule has 0 aliphatic carbocycles. The highest BCUT2D eigenvalue weighted by Crippen LogP contribution is 2.17. The van der Waals surface area contributed by atoms with Gasteiger partial charge >= 0.3 is 0 Å². The van der Waals surface area contributed by atoms with Crippen LogP contribution in [0, 0.1) is 5.92 Å². The van der Waals surface area contributed by atoms with Crippen LogP contribution in [-0.4, -0.2) is 35.7 Å². The average Bonchev–Trinajstić information content (AvgIpc) is 2.09. The molecule has 1 aliphatic heterocycles. The van der Waals surface area contributed by atoms with Crippen LogP contribution in [-0.2, 0) is 0 Å². The molecule has 0 aromatic rings. The SMILES string of the molecule is C[C@@H](CO)CN1CCCC[C@H]1C. The molecule has 72 valence electrons. The fraction of sp³-hybridized carbons (Fsp3) is 1.00. The Kier molecular flexibility index (Phi) is 4.02. The first-order valence-electron chi connectivity index (χ1n) is 5.09. The molecule has 1 fully saturated rings. The van der Waals surface area contributed by atoms with Gasteiger partial charge in [0.25, 0.3) is 0 Å². The number of rotatable bonds is 3. The predicted molar refractivity (Wildman–Crippen MR) is 51.1 cm³/mol. The van der Waals surface area contributed by atoms with Crippen LogP contribution in [0.1, 0.15) is 33.1 Å². The first-order valence-corrected chi connectivity index (χ1v) is 5.09. The number of hydrogen-bond acceptors (Lipinski definition) is 2. The molecule has 0 radical (unpaired) electrons. The van der Waals surface area contributed by atoms with Crippen molar-refractivity contribution in [1.29, 1.82) is 0 Å². The Morgan fingerprint density at radius 1 is 1.50 bits per heavy atom. The summed E-state index contributed by atoms with van der Waals surface area (Å²) in [5, 5.41) is 8.93. The topological polar surface area (TPSA) is 23.5 Å². The minimum Gasteiger partial charge on any atom is -0.396 e. The average molecular weight is 171 g/mol. The van der Waals surface area contributed by atoms with Gasteiger partial charge in [-0.25, -0.2) is 0 Å². The maximum absolute atomic E-state index is 8.93. The van der Waals surface area contributed by atoms with E-state index in [1.165, 1.54) is 25.8 Å². The molecule has 0 amide bonds. The van der Waals surface area contributed by atoms with Crippen molar-refractivity contribution in [2.45, 2.75) is 39.2 Å². The van der Waals surface area contributed by atoms with Gasteiger partial charge in [-0.1, -0.05) is 13.3 Å². The molecule has 2 atom stereocenters. The molecule has 1 rings (SSSR count). The Labute approximate surface area is 75.6 Å². The highest BCUT2D eigenvalue weighted by molar-refractivity contribution is 4.74. The van der Waals surface area contributed by atoms with Crippen molar-refractivity contribution in [2.75, 3.05) is 19.7 Å². The standard InChI is InChI=1S/C10H21NO/c1-9(8-12)7-11-6-4-3-5-10(11)2/h9-10,12H,3-8H2,1-2H3/t9-,10-/m1/s1. The zero-order chi connectivity index (χ0) is 8.97. The van der Waals surface area contributed by atoms with Crippen molar-refractivity contribution in [1.82, 2.24) is 4.90 Å². The molecule has 0 aromatic heterocycles. The Morgan fingerprint density at radius 2 is 2.25 bits per heavy atom. The predicted octanol–water partition coefficient (Wildman–Crippen LogP) is 1.49. The maximum Gasteiger partial charge on any atom is 0.0468 e. The summed E-state index contributed by atoms with van der Waals surface area (Å²) in [7, 11) is 0. The van der Waals surface area contributed by atoms with Gasteiger partial charge in [-0.2, -0.15) is 0 Å². The minimum absolute atomic E-state index is 0.323. The lowest BCUT2D eigenvalue weighted by atomic mass is 10.0. The molecule has 12 heavy (non-hydrogen) atoms. The molecule has 2 nitrogen and oxygen atoms in total. The van der Waals surface area contributed by atoms with E-state index in [0.29, 0.717) is 12.5 Å². The highest BCUT2D eigenvalue weighted by atomic mass is 16.3. The Bertz CT molecular complexity index is 127. The summed E-state index contributed by atoms with van der Waals surface area (Å²) in [5.74, 6) is 0.436. The second-order valence-electron chi connectivity index (χ2n) is 4.13. The van der Waals surface area contributed by atoms with Crippen LogP contribution in [0.5, 0.6) is 0 Å². The Morgan fingerprint density at radius 3 is 2.83 bits per heavy atom. The molecule has 0 aromatic carbocycles. The van der Waals surface area contributed by atoms with Gasteiger partial charge in [-0.05, 0) is 32.2 Å². The fourth-order valence-corrected chi connectivity index (χ4v) is 1.89. The number of piperidine rings is 1. The van der Waals surface area contributed by atoms with E-state index < -0.39 is 0 Å². The normalized spacial score (nSPS) is 28.8. The third kappa shape index (κ3) is 2.76. The largest absolute Gasteiger partial charge is 0.396 e. The van der Waals surface area contributed by atoms with Gasteiger partial charge in [0.05, 0.1) is 0 Å². The minimum atomic E-state index is 0.323. The van der Waals surface area contributed by atoms with E-state index in [1.807, 2.05) is 0 Å². The van der Waals surface area contributed by atoms with Gasteiger partial charge in [-0.15, -0.1) is 0 Å². The van der Waals surface area contributed by atoms with Gasteiger partial charge in [0, 0.05) is 19.2 Å². The van der Waals surface area contributed by atoms with E-state index in [1.54, 1.807) is 0 Å². The molecule has 1 heterocycles. The smallest absolute Gasteiger partial charge is 0.0468 e. The summed E-state index contributed by atoms with van der Waals surface area (Å²) in [6.45, 7) is 7.02. The molecule has 0 bridgehead atoms. The number of hydrogen-bond donors (Lipinski definition) is 1. The fourth-order valence-electron chi connectivity index (χ4n) is 1.89. The lowest BCUT2D eigenvalue weighted by Crippen LogP contribution is -2.40. The maximum atomic E-state index is 8.93. The Hall–Kier alpha value is -0.0800. The summed E-state index contributed by atoms with van der Waals surface area (Å²) in [6, 6.07) is 0.729. The van der Waals surface area contributed by atoms with Crippen molar-refractivity contribution < 1.29 is 5.11 Å². The van der Waals surface area contributed by atoms with E-state index >= 15 is 0 Å². The van der Waals surface area contributed by atoms with E-state index in [4.69, 9.17) is 5.11 Å². The number of nitrogens with zero attached hydrogens (tertiary/aromatic N) is 1. The number of aliphatic hydroxyl groups excluding tert-OH is 1. The monoisotopic (exact) mass is 171 g/mol. The third-order valence-electron chi connectivity index (χ3n) is 2.80. The molecule has 1 aliphatic rings. The second kappa shape index (κ2) is 4.83. The zero-order valence-corrected chi connectivity index (χ0v) is 8.29. The van der Waals surface area contributed by atoms with Crippen molar-refractivity contribution in [3.63, 3.8) is 0 Å². The van der Waals surface area contributed by atoms with Crippen LogP contribution in [0.15, 0.2) is 0 Å². The van der Waals surface area contributed by atoms with Crippen molar-refractivity contribution in [3.8, 4) is 0 Å². The molecule has 2 heteroatoms. The summed E-state index contributed by atoms with van der Waals surface area (Å²) in [4.78, 5) is 2.50. The van der Waals surface area contributed by atoms with Crippen LogP contribution >= 0.6 is 0 Å². The van der Waals surface area contributed by atoms with E-state index in [-0.39, 0.29) is 0 Å². The molecule has 0 saturated carbocycles. The summed E-state index contributed by atoms with van der Waals surface area (Å²) < 4.78 is 0. The summed E-state index contributed by atoms with van der Waals surface area (Å²) in [6.07, 6.45) is 4.05. The quantitative estimate of drug-likeness (QED) is 0.695. The molecule has 1 N–H and O–H groups in total. The lowest BCUT2D eigenvalue weighted by molar-refractivity contribution is 0.115. The van der Waals surface area contributed by atoms with Crippen molar-refractivity contribution in [2.24, 2.45) is 5.92 Å². The van der Waals surface area contributed by atoms with Gasteiger partial charge in [0.15, 0.2) is 0 Å². The summed E-state index contributed by atoms with van der Waals surface area (Å²) in [5.41, 5.74) is 0. The van der Waals surface area contributed by atoms with Gasteiger partial charge in [0.2, 0.25) is 0 Å². The number of aliphatic hydroxyl groups is 1. The van der Waals surface area contributed by atoms with Crippen LogP contribution in [0.4, 0.5) is 0 Å². The van der Waals surface area contributed by atoms with E-state index in [0.717, 1.165) is 12.6 Å². The zero-order valence-electron chi connectivity index (χ0n) is 8.29. The van der Waals surface area contributed by atoms with E-state index in [9.17, 15) is 0 Å². The Balaban J connectivity index is 2.28. The third-order valence-corrected chi connectivity index (χ3v) is 2.80. The molecule has 0 unspecified atom stereocenters. The first kappa shape index (κ1) is 10.0. The van der Waals surface area contributed by atoms with Crippen LogP contribution in [0.25, 0.3) is 0 Å². The van der Waals surface area contributed by atoms with Crippen molar-refractivity contribution >= 4 is 0 Å². The molecule has 0 spiro atoms. The number of likely N-dealkylation sites (tertiary alicyclic amines) is 1. The summed E-state index contributed by atoms with van der Waals surface area (Å²) >= 11 is 0. The van der Waals surface area contributed by atoms with Gasteiger partial charge < -0.3 is 10.0 Å². The highest BCUT2D eigenvalue weighted by Gasteiger charge is 2.19. The van der Waals surface area contributed by atoms with Gasteiger partial charge in [0.1, 0.15) is 0 Å². The molecular formula is C10H21NO. The van der Waals surface area contributed by atoms with E-state index in [2.05, 4.69) is 18.7 Å².